The SMILES string of the molecule is CN1C(=O)COc2cc(NC(=O)C3CCCCC3)ccc21. The van der Waals surface area contributed by atoms with Gasteiger partial charge in [-0.05, 0) is 25.0 Å². The van der Waals surface area contributed by atoms with Gasteiger partial charge in [0.15, 0.2) is 6.61 Å². The summed E-state index contributed by atoms with van der Waals surface area (Å²) in [5.41, 5.74) is 1.47. The summed E-state index contributed by atoms with van der Waals surface area (Å²) in [6.45, 7) is 0.0452. The Morgan fingerprint density at radius 3 is 2.81 bits per heavy atom. The summed E-state index contributed by atoms with van der Waals surface area (Å²) in [5.74, 6) is 0.787. The lowest BCUT2D eigenvalue weighted by atomic mass is 9.88. The van der Waals surface area contributed by atoms with Gasteiger partial charge in [-0.1, -0.05) is 19.3 Å². The van der Waals surface area contributed by atoms with Crippen LogP contribution in [0.25, 0.3) is 0 Å². The molecule has 5 nitrogen and oxygen atoms in total. The van der Waals surface area contributed by atoms with E-state index in [9.17, 15) is 9.59 Å². The molecule has 0 aromatic heterocycles. The third-order valence-corrected chi connectivity index (χ3v) is 4.29. The second-order valence-corrected chi connectivity index (χ2v) is 5.75. The number of carbonyl (C=O) groups is 2. The van der Waals surface area contributed by atoms with Gasteiger partial charge in [-0.3, -0.25) is 9.59 Å². The highest BCUT2D eigenvalue weighted by molar-refractivity contribution is 5.98. The van der Waals surface area contributed by atoms with Crippen LogP contribution in [0.2, 0.25) is 0 Å². The molecule has 21 heavy (non-hydrogen) atoms. The van der Waals surface area contributed by atoms with Crippen LogP contribution in [0.3, 0.4) is 0 Å². The van der Waals surface area contributed by atoms with E-state index in [4.69, 9.17) is 4.74 Å². The monoisotopic (exact) mass is 288 g/mol. The van der Waals surface area contributed by atoms with Gasteiger partial charge >= 0.3 is 0 Å². The molecule has 5 heteroatoms. The first kappa shape index (κ1) is 13.9. The number of nitrogens with zero attached hydrogens (tertiary/aromatic N) is 1. The van der Waals surface area contributed by atoms with E-state index >= 15 is 0 Å². The van der Waals surface area contributed by atoms with Crippen molar-refractivity contribution in [2.45, 2.75) is 32.1 Å². The van der Waals surface area contributed by atoms with Crippen LogP contribution in [0.15, 0.2) is 18.2 Å². The average molecular weight is 288 g/mol. The van der Waals surface area contributed by atoms with Crippen molar-refractivity contribution in [1.29, 1.82) is 0 Å². The Kier molecular flexibility index (Phi) is 3.82. The summed E-state index contributed by atoms with van der Waals surface area (Å²) < 4.78 is 5.43. The Labute approximate surface area is 124 Å². The number of benzene rings is 1. The Morgan fingerprint density at radius 1 is 1.29 bits per heavy atom. The van der Waals surface area contributed by atoms with Crippen molar-refractivity contribution in [3.05, 3.63) is 18.2 Å². The third kappa shape index (κ3) is 2.86. The molecule has 1 N–H and O–H groups in total. The molecule has 0 radical (unpaired) electrons. The summed E-state index contributed by atoms with van der Waals surface area (Å²) in [6, 6.07) is 5.42. The number of hydrogen-bond donors (Lipinski definition) is 1. The molecular formula is C16H20N2O3. The first-order valence-electron chi connectivity index (χ1n) is 7.49. The molecule has 1 aromatic carbocycles. The van der Waals surface area contributed by atoms with Gasteiger partial charge < -0.3 is 15.0 Å². The maximum Gasteiger partial charge on any atom is 0.264 e. The molecule has 0 spiro atoms. The Hall–Kier alpha value is -2.04. The predicted molar refractivity (Wildman–Crippen MR) is 80.6 cm³/mol. The van der Waals surface area contributed by atoms with Crippen molar-refractivity contribution in [3.63, 3.8) is 0 Å². The summed E-state index contributed by atoms with van der Waals surface area (Å²) in [7, 11) is 1.73. The van der Waals surface area contributed by atoms with Gasteiger partial charge in [-0.2, -0.15) is 0 Å². The molecule has 1 saturated carbocycles. The summed E-state index contributed by atoms with van der Waals surface area (Å²) in [6.07, 6.45) is 5.46. The van der Waals surface area contributed by atoms with Crippen molar-refractivity contribution >= 4 is 23.2 Å². The fourth-order valence-corrected chi connectivity index (χ4v) is 2.96. The first-order valence-corrected chi connectivity index (χ1v) is 7.49. The van der Waals surface area contributed by atoms with Gasteiger partial charge in [0.25, 0.3) is 5.91 Å². The zero-order valence-corrected chi connectivity index (χ0v) is 12.2. The lowest BCUT2D eigenvalue weighted by molar-refractivity contribution is -0.121. The van der Waals surface area contributed by atoms with Crippen LogP contribution < -0.4 is 15.0 Å². The van der Waals surface area contributed by atoms with Crippen molar-refractivity contribution in [3.8, 4) is 5.75 Å². The number of amides is 2. The number of anilines is 2. The molecule has 1 aliphatic carbocycles. The minimum absolute atomic E-state index is 0.0452. The number of fused-ring (bicyclic) bond motifs is 1. The van der Waals surface area contributed by atoms with E-state index in [2.05, 4.69) is 5.32 Å². The Morgan fingerprint density at radius 2 is 2.05 bits per heavy atom. The maximum absolute atomic E-state index is 12.2. The minimum atomic E-state index is -0.0681. The zero-order valence-electron chi connectivity index (χ0n) is 12.2. The second-order valence-electron chi connectivity index (χ2n) is 5.75. The highest BCUT2D eigenvalue weighted by Gasteiger charge is 2.24. The number of hydrogen-bond acceptors (Lipinski definition) is 3. The molecule has 1 heterocycles. The smallest absolute Gasteiger partial charge is 0.264 e. The van der Waals surface area contributed by atoms with E-state index in [1.165, 1.54) is 6.42 Å². The summed E-state index contributed by atoms with van der Waals surface area (Å²) in [5, 5.41) is 2.97. The highest BCUT2D eigenvalue weighted by Crippen LogP contribution is 2.34. The van der Waals surface area contributed by atoms with Crippen LogP contribution >= 0.6 is 0 Å². The fraction of sp³-hybridized carbons (Fsp3) is 0.500. The van der Waals surface area contributed by atoms with Gasteiger partial charge in [-0.15, -0.1) is 0 Å². The molecular weight excluding hydrogens is 268 g/mol. The van der Waals surface area contributed by atoms with Gasteiger partial charge in [0, 0.05) is 24.7 Å². The van der Waals surface area contributed by atoms with Gasteiger partial charge in [0.2, 0.25) is 5.91 Å². The topological polar surface area (TPSA) is 58.6 Å². The van der Waals surface area contributed by atoms with Crippen molar-refractivity contribution in [1.82, 2.24) is 0 Å². The molecule has 1 fully saturated rings. The number of nitrogens with one attached hydrogen (secondary N) is 1. The van der Waals surface area contributed by atoms with E-state index in [1.807, 2.05) is 12.1 Å². The molecule has 0 bridgehead atoms. The van der Waals surface area contributed by atoms with Gasteiger partial charge in [-0.25, -0.2) is 0 Å². The minimum Gasteiger partial charge on any atom is -0.481 e. The van der Waals surface area contributed by atoms with E-state index < -0.39 is 0 Å². The van der Waals surface area contributed by atoms with E-state index in [-0.39, 0.29) is 24.3 Å². The molecule has 112 valence electrons. The average Bonchev–Trinajstić information content (AvgIpc) is 2.52. The lowest BCUT2D eigenvalue weighted by Crippen LogP contribution is -2.35. The van der Waals surface area contributed by atoms with Crippen LogP contribution in [0.4, 0.5) is 11.4 Å². The maximum atomic E-state index is 12.2. The fourth-order valence-electron chi connectivity index (χ4n) is 2.96. The largest absolute Gasteiger partial charge is 0.481 e. The highest BCUT2D eigenvalue weighted by atomic mass is 16.5. The normalized spacial score (nSPS) is 18.9. The van der Waals surface area contributed by atoms with E-state index in [0.29, 0.717) is 5.75 Å². The lowest BCUT2D eigenvalue weighted by Gasteiger charge is -2.26. The number of likely N-dealkylation sites (N-methyl/N-ethyl adjacent to an activating group) is 1. The van der Waals surface area contributed by atoms with E-state index in [0.717, 1.165) is 37.1 Å². The summed E-state index contributed by atoms with van der Waals surface area (Å²) >= 11 is 0. The summed E-state index contributed by atoms with van der Waals surface area (Å²) in [4.78, 5) is 25.4. The molecule has 3 rings (SSSR count). The molecule has 2 amide bonds. The van der Waals surface area contributed by atoms with Crippen LogP contribution in [-0.4, -0.2) is 25.5 Å². The zero-order chi connectivity index (χ0) is 14.8. The standard InChI is InChI=1S/C16H20N2O3/c1-18-13-8-7-12(9-14(13)21-10-15(18)19)17-16(20)11-5-3-2-4-6-11/h7-9,11H,2-6,10H2,1H3,(H,17,20). The predicted octanol–water partition coefficient (Wildman–Crippen LogP) is 2.56. The number of ether oxygens (including phenoxy) is 1. The molecule has 0 saturated heterocycles. The van der Waals surface area contributed by atoms with Crippen molar-refractivity contribution < 1.29 is 14.3 Å². The molecule has 1 aromatic rings. The molecule has 2 aliphatic rings. The third-order valence-electron chi connectivity index (χ3n) is 4.29. The number of rotatable bonds is 2. The van der Waals surface area contributed by atoms with Crippen molar-refractivity contribution in [2.24, 2.45) is 5.92 Å². The Bertz CT molecular complexity index is 565. The number of carbonyl (C=O) groups excluding carboxylic acids is 2. The molecule has 1 aliphatic heterocycles. The van der Waals surface area contributed by atoms with E-state index in [1.54, 1.807) is 18.0 Å². The molecule has 0 unspecified atom stereocenters. The van der Waals surface area contributed by atoms with Crippen molar-refractivity contribution in [2.75, 3.05) is 23.9 Å². The van der Waals surface area contributed by atoms with Gasteiger partial charge in [0.05, 0.1) is 5.69 Å². The Balaban J connectivity index is 1.72. The van der Waals surface area contributed by atoms with Gasteiger partial charge in [0.1, 0.15) is 5.75 Å². The second kappa shape index (κ2) is 5.76. The quantitative estimate of drug-likeness (QED) is 0.910. The van der Waals surface area contributed by atoms with Crippen LogP contribution in [0.1, 0.15) is 32.1 Å². The van der Waals surface area contributed by atoms with Crippen LogP contribution in [-0.2, 0) is 9.59 Å². The van der Waals surface area contributed by atoms with Crippen LogP contribution in [0, 0.1) is 5.92 Å². The first-order chi connectivity index (χ1) is 10.1. The molecule has 0 atom stereocenters. The van der Waals surface area contributed by atoms with Crippen LogP contribution in [0.5, 0.6) is 5.75 Å².